The molecule has 27 heavy (non-hydrogen) atoms. The number of carbonyl (C=O) groups excluding carboxylic acids is 1. The number of fused-ring (bicyclic) bond motifs is 1. The number of carbonyl (C=O) groups is 1. The maximum absolute atomic E-state index is 13.1. The van der Waals surface area contributed by atoms with Gasteiger partial charge in [0.25, 0.3) is 5.91 Å². The third-order valence-electron chi connectivity index (χ3n) is 6.14. The highest BCUT2D eigenvalue weighted by Crippen LogP contribution is 2.31. The Hall–Kier alpha value is -2.37. The van der Waals surface area contributed by atoms with E-state index in [1.165, 1.54) is 19.3 Å². The van der Waals surface area contributed by atoms with Crippen molar-refractivity contribution >= 4 is 5.91 Å². The van der Waals surface area contributed by atoms with Gasteiger partial charge in [-0.25, -0.2) is 0 Å². The SMILES string of the molecule is Cc1ccc(C(=O)N2CCCC(c3nnc4n3CCCCC4)C2)c(O)c1C. The summed E-state index contributed by atoms with van der Waals surface area (Å²) >= 11 is 0. The lowest BCUT2D eigenvalue weighted by Gasteiger charge is -2.32. The summed E-state index contributed by atoms with van der Waals surface area (Å²) in [6.07, 6.45) is 6.57. The fraction of sp³-hybridized carbons (Fsp3) is 0.571. The molecule has 0 aliphatic carbocycles. The molecule has 0 radical (unpaired) electrons. The molecule has 1 unspecified atom stereocenters. The largest absolute Gasteiger partial charge is 0.507 e. The first-order valence-electron chi connectivity index (χ1n) is 10.1. The van der Waals surface area contributed by atoms with Crippen molar-refractivity contribution < 1.29 is 9.90 Å². The van der Waals surface area contributed by atoms with Crippen LogP contribution in [0.1, 0.15) is 71.2 Å². The lowest BCUT2D eigenvalue weighted by Crippen LogP contribution is -2.40. The minimum absolute atomic E-state index is 0.0871. The molecule has 1 N–H and O–H groups in total. The Kier molecular flexibility index (Phi) is 4.89. The zero-order valence-corrected chi connectivity index (χ0v) is 16.2. The quantitative estimate of drug-likeness (QED) is 0.882. The van der Waals surface area contributed by atoms with E-state index in [1.54, 1.807) is 6.07 Å². The molecule has 1 saturated heterocycles. The van der Waals surface area contributed by atoms with Gasteiger partial charge in [0.1, 0.15) is 17.4 Å². The molecule has 144 valence electrons. The van der Waals surface area contributed by atoms with Gasteiger partial charge in [-0.3, -0.25) is 4.79 Å². The zero-order chi connectivity index (χ0) is 19.0. The highest BCUT2D eigenvalue weighted by Gasteiger charge is 2.31. The molecule has 1 aromatic carbocycles. The summed E-state index contributed by atoms with van der Waals surface area (Å²) in [5, 5.41) is 19.4. The summed E-state index contributed by atoms with van der Waals surface area (Å²) in [6.45, 7) is 6.15. The van der Waals surface area contributed by atoms with Crippen LogP contribution in [0.3, 0.4) is 0 Å². The molecule has 2 aliphatic rings. The lowest BCUT2D eigenvalue weighted by atomic mass is 9.95. The molecular formula is C21H28N4O2. The molecule has 0 bridgehead atoms. The summed E-state index contributed by atoms with van der Waals surface area (Å²) < 4.78 is 2.29. The molecule has 2 aromatic rings. The fourth-order valence-corrected chi connectivity index (χ4v) is 4.33. The van der Waals surface area contributed by atoms with Crippen molar-refractivity contribution in [3.05, 3.63) is 40.5 Å². The molecule has 6 nitrogen and oxygen atoms in total. The Morgan fingerprint density at radius 3 is 2.81 bits per heavy atom. The fourth-order valence-electron chi connectivity index (χ4n) is 4.33. The van der Waals surface area contributed by atoms with Crippen molar-refractivity contribution in [2.45, 2.75) is 64.8 Å². The monoisotopic (exact) mass is 368 g/mol. The summed E-state index contributed by atoms with van der Waals surface area (Å²) in [7, 11) is 0. The molecule has 4 rings (SSSR count). The van der Waals surface area contributed by atoms with Crippen LogP contribution in [0.2, 0.25) is 0 Å². The summed E-state index contributed by atoms with van der Waals surface area (Å²) in [5.74, 6) is 2.37. The van der Waals surface area contributed by atoms with Gasteiger partial charge in [0, 0.05) is 32.0 Å². The number of hydrogen-bond acceptors (Lipinski definition) is 4. The number of amides is 1. The van der Waals surface area contributed by atoms with Crippen LogP contribution in [0, 0.1) is 13.8 Å². The number of likely N-dealkylation sites (tertiary alicyclic amines) is 1. The van der Waals surface area contributed by atoms with Gasteiger partial charge in [-0.2, -0.15) is 0 Å². The number of piperidine rings is 1. The topological polar surface area (TPSA) is 71.2 Å². The highest BCUT2D eigenvalue weighted by atomic mass is 16.3. The molecule has 1 aromatic heterocycles. The molecule has 1 amide bonds. The number of phenols is 1. The molecule has 6 heteroatoms. The summed E-state index contributed by atoms with van der Waals surface area (Å²) in [4.78, 5) is 14.9. The Bertz CT molecular complexity index is 858. The van der Waals surface area contributed by atoms with Crippen molar-refractivity contribution in [1.29, 1.82) is 0 Å². The van der Waals surface area contributed by atoms with Crippen molar-refractivity contribution in [2.75, 3.05) is 13.1 Å². The van der Waals surface area contributed by atoms with Crippen molar-refractivity contribution in [3.8, 4) is 5.75 Å². The van der Waals surface area contributed by atoms with Gasteiger partial charge >= 0.3 is 0 Å². The Morgan fingerprint density at radius 1 is 1.11 bits per heavy atom. The van der Waals surface area contributed by atoms with E-state index in [2.05, 4.69) is 14.8 Å². The first-order chi connectivity index (χ1) is 13.1. The third kappa shape index (κ3) is 3.33. The van der Waals surface area contributed by atoms with Crippen LogP contribution in [0.25, 0.3) is 0 Å². The second kappa shape index (κ2) is 7.33. The smallest absolute Gasteiger partial charge is 0.257 e. The average molecular weight is 368 g/mol. The number of benzene rings is 1. The van der Waals surface area contributed by atoms with E-state index in [-0.39, 0.29) is 17.6 Å². The number of aromatic hydroxyl groups is 1. The molecule has 2 aliphatic heterocycles. The van der Waals surface area contributed by atoms with Crippen LogP contribution in [0.4, 0.5) is 0 Å². The molecule has 3 heterocycles. The van der Waals surface area contributed by atoms with Crippen LogP contribution in [-0.4, -0.2) is 43.8 Å². The minimum atomic E-state index is -0.0871. The normalized spacial score (nSPS) is 20.2. The van der Waals surface area contributed by atoms with Gasteiger partial charge in [-0.15, -0.1) is 10.2 Å². The Balaban J connectivity index is 1.56. The number of aryl methyl sites for hydroxylation is 2. The van der Waals surface area contributed by atoms with E-state index in [9.17, 15) is 9.90 Å². The molecule has 0 saturated carbocycles. The molecule has 1 fully saturated rings. The zero-order valence-electron chi connectivity index (χ0n) is 16.2. The third-order valence-corrected chi connectivity index (χ3v) is 6.14. The number of nitrogens with zero attached hydrogens (tertiary/aromatic N) is 4. The number of rotatable bonds is 2. The Labute approximate surface area is 160 Å². The lowest BCUT2D eigenvalue weighted by molar-refractivity contribution is 0.0700. The van der Waals surface area contributed by atoms with Gasteiger partial charge in [0.15, 0.2) is 0 Å². The van der Waals surface area contributed by atoms with E-state index in [4.69, 9.17) is 0 Å². The van der Waals surface area contributed by atoms with Crippen molar-refractivity contribution in [1.82, 2.24) is 19.7 Å². The second-order valence-electron chi connectivity index (χ2n) is 7.93. The predicted octanol–water partition coefficient (Wildman–Crippen LogP) is 3.35. The predicted molar refractivity (Wildman–Crippen MR) is 103 cm³/mol. The summed E-state index contributed by atoms with van der Waals surface area (Å²) in [6, 6.07) is 3.65. The van der Waals surface area contributed by atoms with Crippen molar-refractivity contribution in [2.24, 2.45) is 0 Å². The second-order valence-corrected chi connectivity index (χ2v) is 7.93. The van der Waals surface area contributed by atoms with Crippen LogP contribution in [0.15, 0.2) is 12.1 Å². The highest BCUT2D eigenvalue weighted by molar-refractivity contribution is 5.97. The van der Waals surface area contributed by atoms with Crippen LogP contribution >= 0.6 is 0 Å². The van der Waals surface area contributed by atoms with Gasteiger partial charge in [-0.1, -0.05) is 12.5 Å². The average Bonchev–Trinajstić information content (AvgIpc) is 2.94. The van der Waals surface area contributed by atoms with Gasteiger partial charge in [0.2, 0.25) is 0 Å². The first-order valence-corrected chi connectivity index (χ1v) is 10.1. The van der Waals surface area contributed by atoms with E-state index in [0.717, 1.165) is 55.1 Å². The van der Waals surface area contributed by atoms with Crippen molar-refractivity contribution in [3.63, 3.8) is 0 Å². The number of phenolic OH excluding ortho intramolecular Hbond substituents is 1. The standard InChI is InChI=1S/C21H28N4O2/c1-14-9-10-17(19(26)15(14)2)21(27)24-11-6-7-16(13-24)20-23-22-18-8-4-3-5-12-25(18)20/h9-10,16,26H,3-8,11-13H2,1-2H3. The van der Waals surface area contributed by atoms with Crippen LogP contribution in [0.5, 0.6) is 5.75 Å². The van der Waals surface area contributed by atoms with E-state index < -0.39 is 0 Å². The molecule has 1 atom stereocenters. The van der Waals surface area contributed by atoms with Gasteiger partial charge in [-0.05, 0) is 56.7 Å². The molecule has 0 spiro atoms. The number of aromatic nitrogens is 3. The van der Waals surface area contributed by atoms with E-state index in [0.29, 0.717) is 12.1 Å². The van der Waals surface area contributed by atoms with Crippen LogP contribution < -0.4 is 0 Å². The minimum Gasteiger partial charge on any atom is -0.507 e. The van der Waals surface area contributed by atoms with Gasteiger partial charge in [0.05, 0.1) is 5.56 Å². The first kappa shape index (κ1) is 18.0. The van der Waals surface area contributed by atoms with E-state index in [1.807, 2.05) is 24.8 Å². The number of hydrogen-bond donors (Lipinski definition) is 1. The van der Waals surface area contributed by atoms with E-state index >= 15 is 0 Å². The van der Waals surface area contributed by atoms with Gasteiger partial charge < -0.3 is 14.6 Å². The maximum atomic E-state index is 13.1. The van der Waals surface area contributed by atoms with Crippen LogP contribution in [-0.2, 0) is 13.0 Å². The molecular weight excluding hydrogens is 340 g/mol. The summed E-state index contributed by atoms with van der Waals surface area (Å²) in [5.41, 5.74) is 2.17. The Morgan fingerprint density at radius 2 is 1.96 bits per heavy atom. The maximum Gasteiger partial charge on any atom is 0.257 e.